The molecule has 0 spiro atoms. The van der Waals surface area contributed by atoms with Gasteiger partial charge in [0.15, 0.2) is 0 Å². The number of hydrogen-bond acceptors (Lipinski definition) is 2. The molecule has 21 heavy (non-hydrogen) atoms. The molecule has 1 aromatic rings. The predicted molar refractivity (Wildman–Crippen MR) is 83.0 cm³/mol. The van der Waals surface area contributed by atoms with Crippen molar-refractivity contribution in [1.29, 1.82) is 0 Å². The van der Waals surface area contributed by atoms with E-state index in [4.69, 9.17) is 0 Å². The largest absolute Gasteiger partial charge is 0.326 e. The van der Waals surface area contributed by atoms with Gasteiger partial charge in [-0.05, 0) is 49.3 Å². The van der Waals surface area contributed by atoms with Crippen molar-refractivity contribution in [3.63, 3.8) is 0 Å². The van der Waals surface area contributed by atoms with Crippen LogP contribution in [0.2, 0.25) is 0 Å². The Balaban J connectivity index is 1.74. The van der Waals surface area contributed by atoms with Crippen molar-refractivity contribution in [2.24, 2.45) is 17.8 Å². The molecule has 4 heteroatoms. The Morgan fingerprint density at radius 1 is 1.10 bits per heavy atom. The van der Waals surface area contributed by atoms with Gasteiger partial charge in [-0.25, -0.2) is 0 Å². The molecule has 0 radical (unpaired) electrons. The topological polar surface area (TPSA) is 58.2 Å². The number of amides is 2. The summed E-state index contributed by atoms with van der Waals surface area (Å²) in [6.07, 6.45) is 6.48. The molecule has 2 N–H and O–H groups in total. The van der Waals surface area contributed by atoms with Crippen molar-refractivity contribution in [2.75, 3.05) is 10.6 Å². The first kappa shape index (κ1) is 13.9. The highest BCUT2D eigenvalue weighted by Gasteiger charge is 2.39. The third-order valence-corrected chi connectivity index (χ3v) is 4.52. The highest BCUT2D eigenvalue weighted by atomic mass is 16.2. The molecule has 0 heterocycles. The van der Waals surface area contributed by atoms with Gasteiger partial charge in [0.2, 0.25) is 11.8 Å². The van der Waals surface area contributed by atoms with Gasteiger partial charge in [-0.3, -0.25) is 9.59 Å². The smallest absolute Gasteiger partial charge is 0.228 e. The zero-order chi connectivity index (χ0) is 15.0. The van der Waals surface area contributed by atoms with E-state index in [2.05, 4.69) is 22.8 Å². The molecule has 0 saturated heterocycles. The Bertz CT molecular complexity index is 621. The van der Waals surface area contributed by atoms with Crippen molar-refractivity contribution in [1.82, 2.24) is 0 Å². The van der Waals surface area contributed by atoms with Crippen LogP contribution in [0, 0.1) is 24.7 Å². The van der Waals surface area contributed by atoms with E-state index in [0.717, 1.165) is 29.8 Å². The van der Waals surface area contributed by atoms with Crippen LogP contribution in [0.15, 0.2) is 30.4 Å². The average Bonchev–Trinajstić information content (AvgIpc) is 3.05. The third-order valence-electron chi connectivity index (χ3n) is 4.52. The maximum atomic E-state index is 12.5. The normalized spacial score (nSPS) is 25.9. The first-order valence-electron chi connectivity index (χ1n) is 7.41. The van der Waals surface area contributed by atoms with E-state index in [-0.39, 0.29) is 17.7 Å². The molecular weight excluding hydrogens is 264 g/mol. The van der Waals surface area contributed by atoms with Crippen LogP contribution < -0.4 is 10.6 Å². The summed E-state index contributed by atoms with van der Waals surface area (Å²) in [7, 11) is 0. The summed E-state index contributed by atoms with van der Waals surface area (Å²) in [5.74, 6) is 1.05. The van der Waals surface area contributed by atoms with Gasteiger partial charge in [0, 0.05) is 24.2 Å². The van der Waals surface area contributed by atoms with Crippen molar-refractivity contribution in [2.45, 2.75) is 26.7 Å². The van der Waals surface area contributed by atoms with Crippen LogP contribution in [0.1, 0.15) is 25.3 Å². The molecule has 1 aromatic carbocycles. The second kappa shape index (κ2) is 5.35. The molecule has 0 aromatic heterocycles. The Hall–Kier alpha value is -2.10. The minimum absolute atomic E-state index is 0.0869. The standard InChI is InChI=1S/C17H20N2O2/c1-10-15(18-11(2)20)4-3-5-16(10)19-17(21)14-9-12-6-7-13(14)8-12/h3-7,12-14H,8-9H2,1-2H3,(H,18,20)(H,19,21). The summed E-state index contributed by atoms with van der Waals surface area (Å²) in [5.41, 5.74) is 2.41. The summed E-state index contributed by atoms with van der Waals surface area (Å²) in [4.78, 5) is 23.6. The van der Waals surface area contributed by atoms with Crippen LogP contribution in [0.25, 0.3) is 0 Å². The molecule has 2 bridgehead atoms. The molecule has 1 fully saturated rings. The summed E-state index contributed by atoms with van der Waals surface area (Å²) in [6, 6.07) is 5.56. The van der Waals surface area contributed by atoms with Gasteiger partial charge in [0.1, 0.15) is 0 Å². The van der Waals surface area contributed by atoms with Gasteiger partial charge in [-0.1, -0.05) is 18.2 Å². The number of anilines is 2. The number of carbonyl (C=O) groups excluding carboxylic acids is 2. The second-order valence-corrected chi connectivity index (χ2v) is 6.04. The van der Waals surface area contributed by atoms with Crippen molar-refractivity contribution < 1.29 is 9.59 Å². The zero-order valence-corrected chi connectivity index (χ0v) is 12.3. The number of carbonyl (C=O) groups is 2. The van der Waals surface area contributed by atoms with Crippen molar-refractivity contribution in [3.8, 4) is 0 Å². The van der Waals surface area contributed by atoms with Gasteiger partial charge in [0.05, 0.1) is 0 Å². The molecular formula is C17H20N2O2. The minimum atomic E-state index is -0.111. The van der Waals surface area contributed by atoms with E-state index >= 15 is 0 Å². The van der Waals surface area contributed by atoms with Crippen LogP contribution in [-0.2, 0) is 9.59 Å². The zero-order valence-electron chi connectivity index (χ0n) is 12.3. The quantitative estimate of drug-likeness (QED) is 0.838. The Morgan fingerprint density at radius 2 is 1.81 bits per heavy atom. The van der Waals surface area contributed by atoms with Gasteiger partial charge >= 0.3 is 0 Å². The first-order chi connectivity index (χ1) is 10.0. The summed E-state index contributed by atoms with van der Waals surface area (Å²) in [6.45, 7) is 3.38. The fourth-order valence-electron chi connectivity index (χ4n) is 3.40. The maximum Gasteiger partial charge on any atom is 0.228 e. The SMILES string of the molecule is CC(=O)Nc1cccc(NC(=O)C2CC3C=CC2C3)c1C. The van der Waals surface area contributed by atoms with Gasteiger partial charge in [-0.15, -0.1) is 0 Å². The van der Waals surface area contributed by atoms with Crippen LogP contribution in [-0.4, -0.2) is 11.8 Å². The molecule has 0 aliphatic heterocycles. The molecule has 110 valence electrons. The van der Waals surface area contributed by atoms with E-state index in [1.165, 1.54) is 6.92 Å². The van der Waals surface area contributed by atoms with E-state index < -0.39 is 0 Å². The summed E-state index contributed by atoms with van der Waals surface area (Å²) in [5, 5.41) is 5.81. The number of rotatable bonds is 3. The maximum absolute atomic E-state index is 12.5. The predicted octanol–water partition coefficient (Wildman–Crippen LogP) is 3.10. The Morgan fingerprint density at radius 3 is 2.38 bits per heavy atom. The number of fused-ring (bicyclic) bond motifs is 2. The van der Waals surface area contributed by atoms with Crippen molar-refractivity contribution in [3.05, 3.63) is 35.9 Å². The first-order valence-corrected chi connectivity index (χ1v) is 7.41. The van der Waals surface area contributed by atoms with Crippen LogP contribution in [0.3, 0.4) is 0 Å². The lowest BCUT2D eigenvalue weighted by atomic mass is 9.92. The van der Waals surface area contributed by atoms with Crippen LogP contribution >= 0.6 is 0 Å². The monoisotopic (exact) mass is 284 g/mol. The molecule has 3 unspecified atom stereocenters. The molecule has 3 atom stereocenters. The second-order valence-electron chi connectivity index (χ2n) is 6.04. The summed E-state index contributed by atoms with van der Waals surface area (Å²) >= 11 is 0. The molecule has 3 rings (SSSR count). The highest BCUT2D eigenvalue weighted by molar-refractivity contribution is 5.96. The van der Waals surface area contributed by atoms with Gasteiger partial charge in [-0.2, -0.15) is 0 Å². The lowest BCUT2D eigenvalue weighted by Gasteiger charge is -2.19. The molecule has 2 aliphatic rings. The number of hydrogen-bond donors (Lipinski definition) is 2. The number of benzene rings is 1. The Kier molecular flexibility index (Phi) is 3.53. The fraction of sp³-hybridized carbons (Fsp3) is 0.412. The van der Waals surface area contributed by atoms with E-state index in [1.807, 2.05) is 25.1 Å². The third kappa shape index (κ3) is 2.71. The number of allylic oxidation sites excluding steroid dienone is 2. The van der Waals surface area contributed by atoms with Gasteiger partial charge in [0.25, 0.3) is 0 Å². The molecule has 1 saturated carbocycles. The van der Waals surface area contributed by atoms with Crippen LogP contribution in [0.4, 0.5) is 11.4 Å². The van der Waals surface area contributed by atoms with Gasteiger partial charge < -0.3 is 10.6 Å². The molecule has 4 nitrogen and oxygen atoms in total. The number of nitrogens with one attached hydrogen (secondary N) is 2. The highest BCUT2D eigenvalue weighted by Crippen LogP contribution is 2.43. The van der Waals surface area contributed by atoms with E-state index in [0.29, 0.717) is 11.8 Å². The van der Waals surface area contributed by atoms with Crippen molar-refractivity contribution >= 4 is 23.2 Å². The molecule has 2 aliphatic carbocycles. The van der Waals surface area contributed by atoms with Crippen LogP contribution in [0.5, 0.6) is 0 Å². The average molecular weight is 284 g/mol. The lowest BCUT2D eigenvalue weighted by molar-refractivity contribution is -0.120. The lowest BCUT2D eigenvalue weighted by Crippen LogP contribution is -2.26. The molecule has 2 amide bonds. The van der Waals surface area contributed by atoms with E-state index in [9.17, 15) is 9.59 Å². The summed E-state index contributed by atoms with van der Waals surface area (Å²) < 4.78 is 0. The fourth-order valence-corrected chi connectivity index (χ4v) is 3.40. The van der Waals surface area contributed by atoms with E-state index in [1.54, 1.807) is 0 Å². The Labute approximate surface area is 124 Å². The minimum Gasteiger partial charge on any atom is -0.326 e.